The maximum absolute atomic E-state index is 12.0. The summed E-state index contributed by atoms with van der Waals surface area (Å²) in [5.74, 6) is 0.816. The molecule has 0 N–H and O–H groups in total. The molecule has 126 valence electrons. The van der Waals surface area contributed by atoms with E-state index in [0.29, 0.717) is 12.2 Å². The second kappa shape index (κ2) is 9.63. The van der Waals surface area contributed by atoms with Gasteiger partial charge in [-0.05, 0) is 49.0 Å². The summed E-state index contributed by atoms with van der Waals surface area (Å²) in [5, 5.41) is 0. The summed E-state index contributed by atoms with van der Waals surface area (Å²) in [5.41, 5.74) is 1.60. The molecule has 0 bridgehead atoms. The Morgan fingerprint density at radius 2 is 1.75 bits per heavy atom. The molecule has 0 atom stereocenters. The van der Waals surface area contributed by atoms with Crippen LogP contribution in [0.1, 0.15) is 29.8 Å². The number of likely N-dealkylation sites (N-methyl/N-ethyl adjacent to an activating group) is 1. The summed E-state index contributed by atoms with van der Waals surface area (Å²) in [7, 11) is 0. The predicted octanol–water partition coefficient (Wildman–Crippen LogP) is 3.70. The molecule has 24 heavy (non-hydrogen) atoms. The molecule has 0 aliphatic heterocycles. The quantitative estimate of drug-likeness (QED) is 0.521. The average Bonchev–Trinajstić information content (AvgIpc) is 2.65. The van der Waals surface area contributed by atoms with Crippen molar-refractivity contribution >= 4 is 11.9 Å². The molecule has 0 saturated carbocycles. The second-order valence-electron chi connectivity index (χ2n) is 5.38. The van der Waals surface area contributed by atoms with E-state index in [2.05, 4.69) is 23.7 Å². The molecule has 2 aromatic rings. The van der Waals surface area contributed by atoms with Gasteiger partial charge in [-0.1, -0.05) is 32.1 Å². The van der Waals surface area contributed by atoms with Crippen LogP contribution in [0.4, 0.5) is 0 Å². The Hall–Kier alpha value is -2.46. The van der Waals surface area contributed by atoms with Gasteiger partial charge in [0.25, 0.3) is 0 Å². The fourth-order valence-electron chi connectivity index (χ4n) is 2.29. The lowest BCUT2D eigenvalue weighted by atomic mass is 10.1. The molecule has 0 radical (unpaired) electrons. The van der Waals surface area contributed by atoms with Crippen molar-refractivity contribution in [2.24, 2.45) is 0 Å². The lowest BCUT2D eigenvalue weighted by Crippen LogP contribution is -2.27. The first-order chi connectivity index (χ1) is 11.7. The molecule has 1 heterocycles. The number of ketones is 1. The highest BCUT2D eigenvalue weighted by atomic mass is 16.5. The van der Waals surface area contributed by atoms with Gasteiger partial charge in [0.1, 0.15) is 12.4 Å². The number of hydrogen-bond donors (Lipinski definition) is 0. The van der Waals surface area contributed by atoms with Crippen molar-refractivity contribution in [1.82, 2.24) is 9.88 Å². The van der Waals surface area contributed by atoms with Crippen molar-refractivity contribution in [1.29, 1.82) is 0 Å². The van der Waals surface area contributed by atoms with Gasteiger partial charge in [0.2, 0.25) is 0 Å². The summed E-state index contributed by atoms with van der Waals surface area (Å²) in [4.78, 5) is 18.2. The summed E-state index contributed by atoms with van der Waals surface area (Å²) >= 11 is 0. The number of pyridine rings is 1. The monoisotopic (exact) mass is 324 g/mol. The Labute approximate surface area is 143 Å². The van der Waals surface area contributed by atoms with Gasteiger partial charge in [-0.15, -0.1) is 0 Å². The van der Waals surface area contributed by atoms with Crippen LogP contribution in [0.25, 0.3) is 6.08 Å². The zero-order chi connectivity index (χ0) is 17.2. The number of carbonyl (C=O) groups is 1. The Morgan fingerprint density at radius 3 is 2.38 bits per heavy atom. The molecule has 4 nitrogen and oxygen atoms in total. The minimum Gasteiger partial charge on any atom is -0.492 e. The minimum atomic E-state index is -0.0306. The van der Waals surface area contributed by atoms with Crippen LogP contribution in [-0.2, 0) is 0 Å². The van der Waals surface area contributed by atoms with Crippen LogP contribution in [0.5, 0.6) is 5.75 Å². The molecule has 0 spiro atoms. The zero-order valence-corrected chi connectivity index (χ0v) is 14.3. The number of aromatic nitrogens is 1. The molecule has 1 aromatic carbocycles. The number of hydrogen-bond acceptors (Lipinski definition) is 4. The Morgan fingerprint density at radius 1 is 1.08 bits per heavy atom. The molecule has 0 saturated heterocycles. The van der Waals surface area contributed by atoms with Gasteiger partial charge in [0, 0.05) is 24.5 Å². The van der Waals surface area contributed by atoms with E-state index >= 15 is 0 Å². The van der Waals surface area contributed by atoms with E-state index in [-0.39, 0.29) is 5.78 Å². The van der Waals surface area contributed by atoms with E-state index in [1.54, 1.807) is 30.6 Å². The molecular weight excluding hydrogens is 300 g/mol. The molecular formula is C20H24N2O2. The van der Waals surface area contributed by atoms with Crippen LogP contribution in [-0.4, -0.2) is 41.9 Å². The van der Waals surface area contributed by atoms with Crippen LogP contribution >= 0.6 is 0 Å². The number of allylic oxidation sites excluding steroid dienone is 1. The number of carbonyl (C=O) groups excluding carboxylic acids is 1. The van der Waals surface area contributed by atoms with Crippen molar-refractivity contribution in [3.05, 3.63) is 66.0 Å². The SMILES string of the molecule is CCN(CC)CCOc1ccc(/C=C/C(=O)c2ccncc2)cc1. The third-order valence-corrected chi connectivity index (χ3v) is 3.84. The fourth-order valence-corrected chi connectivity index (χ4v) is 2.29. The van der Waals surface area contributed by atoms with E-state index in [1.807, 2.05) is 30.3 Å². The molecule has 0 unspecified atom stereocenters. The summed E-state index contributed by atoms with van der Waals surface area (Å²) in [6, 6.07) is 11.2. The summed E-state index contributed by atoms with van der Waals surface area (Å²) < 4.78 is 5.75. The van der Waals surface area contributed by atoms with E-state index in [1.165, 1.54) is 0 Å². The predicted molar refractivity (Wildman–Crippen MR) is 97.3 cm³/mol. The largest absolute Gasteiger partial charge is 0.492 e. The normalized spacial score (nSPS) is 11.1. The minimum absolute atomic E-state index is 0.0306. The molecule has 0 fully saturated rings. The van der Waals surface area contributed by atoms with Gasteiger partial charge in [0.05, 0.1) is 0 Å². The maximum Gasteiger partial charge on any atom is 0.185 e. The van der Waals surface area contributed by atoms with Crippen molar-refractivity contribution in [3.63, 3.8) is 0 Å². The highest BCUT2D eigenvalue weighted by Crippen LogP contribution is 2.13. The van der Waals surface area contributed by atoms with Crippen LogP contribution in [0.15, 0.2) is 54.9 Å². The van der Waals surface area contributed by atoms with Crippen LogP contribution < -0.4 is 4.74 Å². The average molecular weight is 324 g/mol. The Kier molecular flexibility index (Phi) is 7.18. The molecule has 0 amide bonds. The Bertz CT molecular complexity index is 647. The standard InChI is InChI=1S/C20H24N2O2/c1-3-22(4-2)15-16-24-19-8-5-17(6-9-19)7-10-20(23)18-11-13-21-14-12-18/h5-14H,3-4,15-16H2,1-2H3/b10-7+. The second-order valence-corrected chi connectivity index (χ2v) is 5.38. The van der Waals surface area contributed by atoms with E-state index < -0.39 is 0 Å². The van der Waals surface area contributed by atoms with Gasteiger partial charge in [-0.3, -0.25) is 9.78 Å². The van der Waals surface area contributed by atoms with Crippen LogP contribution in [0.2, 0.25) is 0 Å². The lowest BCUT2D eigenvalue weighted by molar-refractivity contribution is 0.104. The van der Waals surface area contributed by atoms with Crippen LogP contribution in [0, 0.1) is 0 Å². The maximum atomic E-state index is 12.0. The van der Waals surface area contributed by atoms with Gasteiger partial charge < -0.3 is 9.64 Å². The zero-order valence-electron chi connectivity index (χ0n) is 14.3. The summed E-state index contributed by atoms with van der Waals surface area (Å²) in [6.45, 7) is 7.98. The first kappa shape index (κ1) is 17.9. The summed E-state index contributed by atoms with van der Waals surface area (Å²) in [6.07, 6.45) is 6.62. The van der Waals surface area contributed by atoms with Gasteiger partial charge in [-0.25, -0.2) is 0 Å². The van der Waals surface area contributed by atoms with Crippen molar-refractivity contribution in [2.75, 3.05) is 26.2 Å². The number of ether oxygens (including phenoxy) is 1. The lowest BCUT2D eigenvalue weighted by Gasteiger charge is -2.17. The van der Waals surface area contributed by atoms with Crippen LogP contribution in [0.3, 0.4) is 0 Å². The first-order valence-corrected chi connectivity index (χ1v) is 8.30. The highest BCUT2D eigenvalue weighted by Gasteiger charge is 2.01. The smallest absolute Gasteiger partial charge is 0.185 e. The third kappa shape index (κ3) is 5.63. The molecule has 4 heteroatoms. The van der Waals surface area contributed by atoms with Gasteiger partial charge in [-0.2, -0.15) is 0 Å². The number of nitrogens with zero attached hydrogens (tertiary/aromatic N) is 2. The van der Waals surface area contributed by atoms with E-state index in [0.717, 1.165) is 30.9 Å². The van der Waals surface area contributed by atoms with E-state index in [9.17, 15) is 4.79 Å². The van der Waals surface area contributed by atoms with Gasteiger partial charge in [0.15, 0.2) is 5.78 Å². The molecule has 2 rings (SSSR count). The van der Waals surface area contributed by atoms with E-state index in [4.69, 9.17) is 4.74 Å². The number of benzene rings is 1. The van der Waals surface area contributed by atoms with Crippen molar-refractivity contribution in [2.45, 2.75) is 13.8 Å². The molecule has 0 aliphatic rings. The highest BCUT2D eigenvalue weighted by molar-refractivity contribution is 6.06. The molecule has 1 aromatic heterocycles. The fraction of sp³-hybridized carbons (Fsp3) is 0.300. The topological polar surface area (TPSA) is 42.4 Å². The number of rotatable bonds is 9. The van der Waals surface area contributed by atoms with Crippen molar-refractivity contribution < 1.29 is 9.53 Å². The molecule has 0 aliphatic carbocycles. The third-order valence-electron chi connectivity index (χ3n) is 3.84. The van der Waals surface area contributed by atoms with Gasteiger partial charge >= 0.3 is 0 Å². The van der Waals surface area contributed by atoms with Crippen molar-refractivity contribution in [3.8, 4) is 5.75 Å². The Balaban J connectivity index is 1.85. The first-order valence-electron chi connectivity index (χ1n) is 8.30.